The maximum absolute atomic E-state index is 3.28. The summed E-state index contributed by atoms with van der Waals surface area (Å²) in [6.07, 6.45) is 2.64. The summed E-state index contributed by atoms with van der Waals surface area (Å²) in [5.74, 6) is 0. The number of hydrazine groups is 1. The predicted molar refractivity (Wildman–Crippen MR) is 41.5 cm³/mol. The minimum atomic E-state index is 0.648. The van der Waals surface area contributed by atoms with Crippen molar-refractivity contribution in [2.24, 2.45) is 0 Å². The van der Waals surface area contributed by atoms with Crippen LogP contribution >= 0.6 is 0 Å². The Bertz CT molecular complexity index is 158. The summed E-state index contributed by atoms with van der Waals surface area (Å²) in [4.78, 5) is 0. The lowest BCUT2D eigenvalue weighted by Crippen LogP contribution is -2.37. The molecule has 1 heterocycles. The summed E-state index contributed by atoms with van der Waals surface area (Å²) in [7, 11) is 0. The van der Waals surface area contributed by atoms with Crippen molar-refractivity contribution < 1.29 is 0 Å². The van der Waals surface area contributed by atoms with Gasteiger partial charge in [-0.3, -0.25) is 10.9 Å². The maximum atomic E-state index is 3.28. The topological polar surface area (TPSA) is 24.1 Å². The molecule has 0 radical (unpaired) electrons. The van der Waals surface area contributed by atoms with Crippen LogP contribution in [0.15, 0.2) is 11.1 Å². The molecule has 10 heavy (non-hydrogen) atoms. The molecule has 0 amide bonds. The molecule has 0 aromatic rings. The molecule has 2 nitrogen and oxygen atoms in total. The van der Waals surface area contributed by atoms with Gasteiger partial charge in [-0.15, -0.1) is 0 Å². The van der Waals surface area contributed by atoms with Crippen LogP contribution in [0.1, 0.15) is 26.7 Å². The molecule has 0 spiro atoms. The van der Waals surface area contributed by atoms with Crippen molar-refractivity contribution in [1.82, 2.24) is 10.9 Å². The summed E-state index contributed by atoms with van der Waals surface area (Å²) >= 11 is 0. The number of hydrogen-bond acceptors (Lipinski definition) is 2. The molecule has 2 rings (SSSR count). The molecule has 2 atom stereocenters. The van der Waals surface area contributed by atoms with E-state index in [2.05, 4.69) is 24.7 Å². The molecule has 0 aromatic heterocycles. The van der Waals surface area contributed by atoms with Crippen LogP contribution < -0.4 is 10.9 Å². The molecular weight excluding hydrogens is 124 g/mol. The van der Waals surface area contributed by atoms with E-state index in [1.807, 2.05) is 0 Å². The zero-order valence-electron chi connectivity index (χ0n) is 6.57. The van der Waals surface area contributed by atoms with Gasteiger partial charge in [-0.2, -0.15) is 0 Å². The van der Waals surface area contributed by atoms with E-state index in [0.29, 0.717) is 12.1 Å². The molecule has 0 aromatic carbocycles. The zero-order valence-corrected chi connectivity index (χ0v) is 6.57. The van der Waals surface area contributed by atoms with Crippen molar-refractivity contribution in [3.63, 3.8) is 0 Å². The van der Waals surface area contributed by atoms with Gasteiger partial charge in [0.05, 0.1) is 0 Å². The zero-order chi connectivity index (χ0) is 7.14. The molecule has 1 saturated carbocycles. The van der Waals surface area contributed by atoms with Crippen molar-refractivity contribution in [2.75, 3.05) is 0 Å². The van der Waals surface area contributed by atoms with Gasteiger partial charge in [0.15, 0.2) is 0 Å². The first-order valence-electron chi connectivity index (χ1n) is 3.97. The highest BCUT2D eigenvalue weighted by atomic mass is 15.4. The monoisotopic (exact) mass is 138 g/mol. The van der Waals surface area contributed by atoms with E-state index in [9.17, 15) is 0 Å². The molecule has 2 fully saturated rings. The molecule has 2 heteroatoms. The van der Waals surface area contributed by atoms with Gasteiger partial charge in [0.25, 0.3) is 0 Å². The van der Waals surface area contributed by atoms with Crippen LogP contribution in [0.25, 0.3) is 0 Å². The van der Waals surface area contributed by atoms with Crippen LogP contribution in [-0.4, -0.2) is 12.1 Å². The average molecular weight is 138 g/mol. The van der Waals surface area contributed by atoms with Crippen LogP contribution in [0.3, 0.4) is 0 Å². The normalized spacial score (nSPS) is 37.2. The summed E-state index contributed by atoms with van der Waals surface area (Å²) in [6, 6.07) is 1.30. The second-order valence-electron chi connectivity index (χ2n) is 3.43. The molecule has 1 aliphatic carbocycles. The number of nitrogens with one attached hydrogen (secondary N) is 2. The summed E-state index contributed by atoms with van der Waals surface area (Å²) in [6.45, 7) is 4.41. The van der Waals surface area contributed by atoms with E-state index in [1.165, 1.54) is 18.4 Å². The fourth-order valence-corrected chi connectivity index (χ4v) is 2.09. The van der Waals surface area contributed by atoms with Crippen LogP contribution in [0.5, 0.6) is 0 Å². The molecule has 2 aliphatic rings. The van der Waals surface area contributed by atoms with Crippen molar-refractivity contribution >= 4 is 0 Å². The minimum Gasteiger partial charge on any atom is -0.250 e. The Kier molecular flexibility index (Phi) is 1.32. The third-order valence-electron chi connectivity index (χ3n) is 2.50. The summed E-state index contributed by atoms with van der Waals surface area (Å²) in [5, 5.41) is 0. The maximum Gasteiger partial charge on any atom is 0.0441 e. The highest BCUT2D eigenvalue weighted by molar-refractivity contribution is 5.30. The fraction of sp³-hybridized carbons (Fsp3) is 0.750. The van der Waals surface area contributed by atoms with Crippen LogP contribution in [0.4, 0.5) is 0 Å². The van der Waals surface area contributed by atoms with Gasteiger partial charge in [-0.25, -0.2) is 0 Å². The Labute approximate surface area is 61.7 Å². The third kappa shape index (κ3) is 0.724. The first-order valence-corrected chi connectivity index (χ1v) is 3.97. The van der Waals surface area contributed by atoms with Crippen molar-refractivity contribution in [3.05, 3.63) is 11.1 Å². The van der Waals surface area contributed by atoms with Crippen LogP contribution in [0.2, 0.25) is 0 Å². The lowest BCUT2D eigenvalue weighted by atomic mass is 10.1. The molecule has 2 N–H and O–H groups in total. The Morgan fingerprint density at radius 3 is 1.90 bits per heavy atom. The average Bonchev–Trinajstić information content (AvgIpc) is 2.43. The van der Waals surface area contributed by atoms with Gasteiger partial charge in [0, 0.05) is 12.1 Å². The van der Waals surface area contributed by atoms with E-state index in [1.54, 1.807) is 5.57 Å². The number of allylic oxidation sites excluding steroid dienone is 1. The third-order valence-corrected chi connectivity index (χ3v) is 2.50. The highest BCUT2D eigenvalue weighted by Crippen LogP contribution is 2.31. The van der Waals surface area contributed by atoms with E-state index >= 15 is 0 Å². The van der Waals surface area contributed by atoms with E-state index in [-0.39, 0.29) is 0 Å². The van der Waals surface area contributed by atoms with Gasteiger partial charge in [0.1, 0.15) is 0 Å². The smallest absolute Gasteiger partial charge is 0.0441 e. The summed E-state index contributed by atoms with van der Waals surface area (Å²) in [5.41, 5.74) is 9.66. The van der Waals surface area contributed by atoms with Crippen molar-refractivity contribution in [3.8, 4) is 0 Å². The van der Waals surface area contributed by atoms with Crippen molar-refractivity contribution in [1.29, 1.82) is 0 Å². The van der Waals surface area contributed by atoms with Crippen molar-refractivity contribution in [2.45, 2.75) is 38.8 Å². The fourth-order valence-electron chi connectivity index (χ4n) is 2.09. The van der Waals surface area contributed by atoms with Gasteiger partial charge in [0.2, 0.25) is 0 Å². The number of hydrogen-bond donors (Lipinski definition) is 2. The van der Waals surface area contributed by atoms with Gasteiger partial charge in [-0.05, 0) is 32.3 Å². The quantitative estimate of drug-likeness (QED) is 0.487. The van der Waals surface area contributed by atoms with Gasteiger partial charge in [-0.1, -0.05) is 5.57 Å². The van der Waals surface area contributed by atoms with Gasteiger partial charge >= 0.3 is 0 Å². The Hall–Kier alpha value is -0.340. The first-order chi connectivity index (χ1) is 4.79. The second-order valence-corrected chi connectivity index (χ2v) is 3.43. The molecule has 56 valence electrons. The van der Waals surface area contributed by atoms with E-state index in [4.69, 9.17) is 0 Å². The Balaban J connectivity index is 2.33. The Morgan fingerprint density at radius 1 is 1.20 bits per heavy atom. The SMILES string of the molecule is CC(C)=C1C2CCC1NN2. The highest BCUT2D eigenvalue weighted by Gasteiger charge is 2.36. The van der Waals surface area contributed by atoms with Crippen LogP contribution in [-0.2, 0) is 0 Å². The standard InChI is InChI=1S/C8H14N2/c1-5(2)8-6-3-4-7(8)10-9-6/h6-7,9-10H,3-4H2,1-2H3. The number of fused-ring (bicyclic) bond motifs is 2. The van der Waals surface area contributed by atoms with Crippen LogP contribution in [0, 0.1) is 0 Å². The second kappa shape index (κ2) is 2.07. The van der Waals surface area contributed by atoms with E-state index < -0.39 is 0 Å². The molecule has 2 unspecified atom stereocenters. The van der Waals surface area contributed by atoms with E-state index in [0.717, 1.165) is 0 Å². The molecule has 1 saturated heterocycles. The predicted octanol–water partition coefficient (Wildman–Crippen LogP) is 0.962. The first kappa shape index (κ1) is 6.38. The lowest BCUT2D eigenvalue weighted by Gasteiger charge is -2.09. The number of rotatable bonds is 0. The largest absolute Gasteiger partial charge is 0.250 e. The molecule has 1 aliphatic heterocycles. The van der Waals surface area contributed by atoms with Gasteiger partial charge < -0.3 is 0 Å². The summed E-state index contributed by atoms with van der Waals surface area (Å²) < 4.78 is 0. The lowest BCUT2D eigenvalue weighted by molar-refractivity contribution is 0.437. The minimum absolute atomic E-state index is 0.648. The Morgan fingerprint density at radius 2 is 1.70 bits per heavy atom. The molecule has 2 bridgehead atoms. The molecular formula is C8H14N2.